The molecule has 0 unspecified atom stereocenters. The van der Waals surface area contributed by atoms with Gasteiger partial charge in [0, 0.05) is 57.3 Å². The zero-order chi connectivity index (χ0) is 20.1. The molecule has 1 amide bonds. The molecule has 1 aliphatic heterocycles. The molecule has 1 aromatic rings. The highest BCUT2D eigenvalue weighted by atomic mass is 16.2. The van der Waals surface area contributed by atoms with Crippen LogP contribution >= 0.6 is 0 Å². The Hall–Kier alpha value is -2.34. The fraction of sp³-hybridized carbons (Fsp3) is 0.545. The Bertz CT molecular complexity index is 730. The predicted octanol–water partition coefficient (Wildman–Crippen LogP) is 2.09. The summed E-state index contributed by atoms with van der Waals surface area (Å²) < 4.78 is 0. The molecule has 1 aromatic carbocycles. The number of amides is 1. The first-order valence-electron chi connectivity index (χ1n) is 9.98. The van der Waals surface area contributed by atoms with Gasteiger partial charge in [0.15, 0.2) is 0 Å². The number of rotatable bonds is 5. The minimum atomic E-state index is -0.659. The lowest BCUT2D eigenvalue weighted by atomic mass is 9.72. The Morgan fingerprint density at radius 1 is 1.07 bits per heavy atom. The molecule has 1 saturated carbocycles. The second kappa shape index (κ2) is 8.78. The Morgan fingerprint density at radius 2 is 1.68 bits per heavy atom. The second-order valence-corrected chi connectivity index (χ2v) is 8.48. The third kappa shape index (κ3) is 5.13. The number of hydrogen-bond donors (Lipinski definition) is 0. The summed E-state index contributed by atoms with van der Waals surface area (Å²) in [5.74, 6) is -0.611. The van der Waals surface area contributed by atoms with Gasteiger partial charge in [0.1, 0.15) is 17.5 Å². The summed E-state index contributed by atoms with van der Waals surface area (Å²) in [6, 6.07) is 9.36. The van der Waals surface area contributed by atoms with Crippen LogP contribution < -0.4 is 0 Å². The van der Waals surface area contributed by atoms with Crippen molar-refractivity contribution in [3.63, 3.8) is 0 Å². The number of nitrogens with zero attached hydrogens (tertiary/aromatic N) is 3. The molecule has 0 aromatic heterocycles. The summed E-state index contributed by atoms with van der Waals surface area (Å²) in [6.45, 7) is 8.26. The van der Waals surface area contributed by atoms with Crippen molar-refractivity contribution in [3.05, 3.63) is 35.9 Å². The van der Waals surface area contributed by atoms with Crippen molar-refractivity contribution in [1.82, 2.24) is 9.80 Å². The van der Waals surface area contributed by atoms with Gasteiger partial charge in [-0.25, -0.2) is 0 Å². The van der Waals surface area contributed by atoms with Crippen LogP contribution in [0.25, 0.3) is 0 Å². The first-order chi connectivity index (χ1) is 13.4. The van der Waals surface area contributed by atoms with Crippen molar-refractivity contribution in [2.24, 2.45) is 16.3 Å². The first-order valence-corrected chi connectivity index (χ1v) is 9.98. The van der Waals surface area contributed by atoms with Crippen LogP contribution in [0.4, 0.5) is 0 Å². The fourth-order valence-electron chi connectivity index (χ4n) is 3.89. The molecule has 2 fully saturated rings. The van der Waals surface area contributed by atoms with Gasteiger partial charge in [-0.3, -0.25) is 24.3 Å². The fourth-order valence-corrected chi connectivity index (χ4v) is 3.89. The van der Waals surface area contributed by atoms with Gasteiger partial charge in [-0.2, -0.15) is 0 Å². The smallest absolute Gasteiger partial charge is 0.253 e. The Kier molecular flexibility index (Phi) is 6.39. The average Bonchev–Trinajstić information content (AvgIpc) is 2.66. The number of piperazine rings is 1. The topological polar surface area (TPSA) is 70.1 Å². The van der Waals surface area contributed by atoms with Gasteiger partial charge in [-0.15, -0.1) is 0 Å². The molecule has 0 bridgehead atoms. The van der Waals surface area contributed by atoms with E-state index in [0.717, 1.165) is 25.2 Å². The second-order valence-electron chi connectivity index (χ2n) is 8.48. The minimum absolute atomic E-state index is 0.0157. The molecule has 1 saturated heterocycles. The molecule has 2 aliphatic rings. The number of aliphatic imine (C=N–C) groups is 1. The lowest BCUT2D eigenvalue weighted by Gasteiger charge is -2.34. The maximum Gasteiger partial charge on any atom is 0.253 e. The zero-order valence-electron chi connectivity index (χ0n) is 16.8. The molecule has 0 atom stereocenters. The first kappa shape index (κ1) is 20.4. The minimum Gasteiger partial charge on any atom is -0.336 e. The van der Waals surface area contributed by atoms with Crippen molar-refractivity contribution in [1.29, 1.82) is 0 Å². The molecule has 0 radical (unpaired) electrons. The van der Waals surface area contributed by atoms with Crippen molar-refractivity contribution in [3.8, 4) is 0 Å². The number of Topliss-reactive ketones (excluding diaryl/α,β-unsaturated/α-hetero) is 2. The molecule has 6 heteroatoms. The maximum absolute atomic E-state index is 12.5. The van der Waals surface area contributed by atoms with Gasteiger partial charge in [-0.05, 0) is 17.5 Å². The van der Waals surface area contributed by atoms with Crippen LogP contribution in [0.2, 0.25) is 0 Å². The third-order valence-electron chi connectivity index (χ3n) is 5.48. The molecule has 150 valence electrons. The molecule has 28 heavy (non-hydrogen) atoms. The van der Waals surface area contributed by atoms with Crippen molar-refractivity contribution in [2.75, 3.05) is 39.3 Å². The van der Waals surface area contributed by atoms with E-state index in [9.17, 15) is 14.4 Å². The Labute approximate surface area is 166 Å². The normalized spacial score (nSPS) is 21.4. The lowest BCUT2D eigenvalue weighted by Crippen LogP contribution is -2.49. The van der Waals surface area contributed by atoms with E-state index < -0.39 is 5.92 Å². The maximum atomic E-state index is 12.5. The average molecular weight is 383 g/mol. The number of hydrogen-bond acceptors (Lipinski definition) is 5. The summed E-state index contributed by atoms with van der Waals surface area (Å²) in [5, 5.41) is 0. The number of carbonyl (C=O) groups is 3. The van der Waals surface area contributed by atoms with Gasteiger partial charge in [-0.1, -0.05) is 32.0 Å². The Balaban J connectivity index is 1.41. The highest BCUT2D eigenvalue weighted by molar-refractivity contribution is 6.16. The number of carbonyl (C=O) groups excluding carboxylic acids is 3. The van der Waals surface area contributed by atoms with E-state index in [1.165, 1.54) is 0 Å². The van der Waals surface area contributed by atoms with E-state index >= 15 is 0 Å². The molecular formula is C22H29N3O3. The number of benzene rings is 1. The van der Waals surface area contributed by atoms with E-state index in [2.05, 4.69) is 9.89 Å². The Morgan fingerprint density at radius 3 is 2.29 bits per heavy atom. The van der Waals surface area contributed by atoms with Crippen LogP contribution in [0.15, 0.2) is 35.3 Å². The zero-order valence-corrected chi connectivity index (χ0v) is 16.8. The van der Waals surface area contributed by atoms with Gasteiger partial charge in [0.05, 0.1) is 6.54 Å². The highest BCUT2D eigenvalue weighted by Gasteiger charge is 2.38. The molecule has 1 heterocycles. The van der Waals surface area contributed by atoms with Crippen LogP contribution in [0, 0.1) is 11.3 Å². The van der Waals surface area contributed by atoms with Crippen LogP contribution in [0.3, 0.4) is 0 Å². The molecule has 0 N–H and O–H groups in total. The molecule has 3 rings (SSSR count). The quantitative estimate of drug-likeness (QED) is 0.577. The molecular weight excluding hydrogens is 354 g/mol. The lowest BCUT2D eigenvalue weighted by molar-refractivity contribution is -0.136. The molecule has 1 aliphatic carbocycles. The van der Waals surface area contributed by atoms with Gasteiger partial charge in [0.25, 0.3) is 5.91 Å². The summed E-state index contributed by atoms with van der Waals surface area (Å²) in [5.41, 5.74) is 0.501. The van der Waals surface area contributed by atoms with Crippen molar-refractivity contribution >= 4 is 23.7 Å². The van der Waals surface area contributed by atoms with Gasteiger partial charge in [0.2, 0.25) is 0 Å². The number of ketones is 2. The van der Waals surface area contributed by atoms with Crippen LogP contribution in [0.5, 0.6) is 0 Å². The predicted molar refractivity (Wildman–Crippen MR) is 109 cm³/mol. The third-order valence-corrected chi connectivity index (χ3v) is 5.48. The highest BCUT2D eigenvalue weighted by Crippen LogP contribution is 2.33. The van der Waals surface area contributed by atoms with E-state index in [0.29, 0.717) is 32.5 Å². The van der Waals surface area contributed by atoms with E-state index in [1.54, 1.807) is 6.21 Å². The molecule has 6 nitrogen and oxygen atoms in total. The van der Waals surface area contributed by atoms with E-state index in [1.807, 2.05) is 49.1 Å². The monoisotopic (exact) mass is 383 g/mol. The van der Waals surface area contributed by atoms with Crippen molar-refractivity contribution < 1.29 is 14.4 Å². The van der Waals surface area contributed by atoms with Gasteiger partial charge < -0.3 is 4.90 Å². The van der Waals surface area contributed by atoms with Crippen molar-refractivity contribution in [2.45, 2.75) is 26.7 Å². The summed E-state index contributed by atoms with van der Waals surface area (Å²) in [4.78, 5) is 45.3. The van der Waals surface area contributed by atoms with E-state index in [4.69, 9.17) is 0 Å². The largest absolute Gasteiger partial charge is 0.336 e. The summed E-state index contributed by atoms with van der Waals surface area (Å²) >= 11 is 0. The van der Waals surface area contributed by atoms with Crippen LogP contribution in [-0.2, 0) is 9.59 Å². The van der Waals surface area contributed by atoms with Crippen LogP contribution in [-0.4, -0.2) is 72.8 Å². The van der Waals surface area contributed by atoms with Crippen LogP contribution in [0.1, 0.15) is 37.0 Å². The molecule has 0 spiro atoms. The summed E-state index contributed by atoms with van der Waals surface area (Å²) in [6.07, 6.45) is 2.43. The standard InChI is InChI=1S/C22H29N3O3/c1-22(2)14-19(26)18(20(27)15-22)16-23-8-9-24-10-12-25(13-11-24)21(28)17-6-4-3-5-7-17/h3-7,16,18H,8-15H2,1-2H3. The van der Waals surface area contributed by atoms with E-state index in [-0.39, 0.29) is 22.9 Å². The SMILES string of the molecule is CC1(C)CC(=O)C(C=NCCN2CCN(C(=O)c3ccccc3)CC2)C(=O)C1. The summed E-state index contributed by atoms with van der Waals surface area (Å²) in [7, 11) is 0. The van der Waals surface area contributed by atoms with Gasteiger partial charge >= 0.3 is 0 Å².